The number of aryl methyl sites for hydroxylation is 1. The summed E-state index contributed by atoms with van der Waals surface area (Å²) in [7, 11) is 0. The van der Waals surface area contributed by atoms with Crippen LogP contribution < -0.4 is 5.73 Å². The average Bonchev–Trinajstić information content (AvgIpc) is 2.36. The lowest BCUT2D eigenvalue weighted by atomic mass is 9.92. The van der Waals surface area contributed by atoms with E-state index in [4.69, 9.17) is 10.5 Å². The molecule has 0 aromatic heterocycles. The Balaban J connectivity index is 2.32. The lowest BCUT2D eigenvalue weighted by Crippen LogP contribution is -2.55. The molecule has 21 heavy (non-hydrogen) atoms. The zero-order chi connectivity index (χ0) is 15.6. The van der Waals surface area contributed by atoms with Crippen LogP contribution in [0, 0.1) is 6.92 Å². The summed E-state index contributed by atoms with van der Waals surface area (Å²) in [5, 5.41) is 0. The highest BCUT2D eigenvalue weighted by molar-refractivity contribution is 5.26. The van der Waals surface area contributed by atoms with Gasteiger partial charge in [0.2, 0.25) is 0 Å². The van der Waals surface area contributed by atoms with Gasteiger partial charge in [0.05, 0.1) is 17.7 Å². The van der Waals surface area contributed by atoms with Crippen molar-refractivity contribution in [1.82, 2.24) is 4.90 Å². The predicted octanol–water partition coefficient (Wildman–Crippen LogP) is 3.27. The van der Waals surface area contributed by atoms with Gasteiger partial charge in [0.15, 0.2) is 0 Å². The lowest BCUT2D eigenvalue weighted by Gasteiger charge is -2.46. The molecule has 1 heterocycles. The third kappa shape index (κ3) is 4.06. The Morgan fingerprint density at radius 2 is 2.14 bits per heavy atom. The largest absolute Gasteiger partial charge is 0.370 e. The number of nitrogens with zero attached hydrogens (tertiary/aromatic N) is 1. The van der Waals surface area contributed by atoms with Crippen molar-refractivity contribution in [2.75, 3.05) is 13.1 Å². The van der Waals surface area contributed by atoms with Crippen molar-refractivity contribution >= 4 is 0 Å². The van der Waals surface area contributed by atoms with Crippen LogP contribution in [0.3, 0.4) is 0 Å². The molecule has 2 rings (SSSR count). The second kappa shape index (κ2) is 6.47. The molecule has 2 N–H and O–H groups in total. The minimum atomic E-state index is -0.118. The van der Waals surface area contributed by atoms with Crippen molar-refractivity contribution in [3.8, 4) is 0 Å². The van der Waals surface area contributed by atoms with Gasteiger partial charge >= 0.3 is 0 Å². The van der Waals surface area contributed by atoms with Crippen LogP contribution in [-0.4, -0.2) is 35.7 Å². The van der Waals surface area contributed by atoms with Crippen molar-refractivity contribution in [2.24, 2.45) is 5.73 Å². The molecular weight excluding hydrogens is 260 g/mol. The molecule has 1 aromatic carbocycles. The van der Waals surface area contributed by atoms with Gasteiger partial charge in [-0.2, -0.15) is 0 Å². The van der Waals surface area contributed by atoms with Crippen LogP contribution in [0.2, 0.25) is 0 Å². The minimum absolute atomic E-state index is 0.118. The number of ether oxygens (including phenoxy) is 1. The number of morpholine rings is 1. The van der Waals surface area contributed by atoms with E-state index < -0.39 is 0 Å². The molecule has 0 amide bonds. The molecular formula is C18H30N2O. The number of hydrogen-bond donors (Lipinski definition) is 1. The van der Waals surface area contributed by atoms with E-state index in [2.05, 4.69) is 63.8 Å². The van der Waals surface area contributed by atoms with Crippen molar-refractivity contribution in [1.29, 1.82) is 0 Å². The summed E-state index contributed by atoms with van der Waals surface area (Å²) in [5.74, 6) is 0. The number of nitrogens with two attached hydrogens (primary N) is 1. The van der Waals surface area contributed by atoms with Gasteiger partial charge < -0.3 is 10.5 Å². The van der Waals surface area contributed by atoms with Gasteiger partial charge in [-0.25, -0.2) is 0 Å². The van der Waals surface area contributed by atoms with Gasteiger partial charge in [-0.15, -0.1) is 0 Å². The molecule has 3 atom stereocenters. The fourth-order valence-electron chi connectivity index (χ4n) is 3.52. The zero-order valence-corrected chi connectivity index (χ0v) is 14.1. The minimum Gasteiger partial charge on any atom is -0.370 e. The van der Waals surface area contributed by atoms with E-state index in [0.29, 0.717) is 0 Å². The summed E-state index contributed by atoms with van der Waals surface area (Å²) in [5.41, 5.74) is 8.98. The summed E-state index contributed by atoms with van der Waals surface area (Å²) in [4.78, 5) is 2.51. The van der Waals surface area contributed by atoms with E-state index >= 15 is 0 Å². The average molecular weight is 290 g/mol. The first-order valence-corrected chi connectivity index (χ1v) is 8.06. The van der Waals surface area contributed by atoms with E-state index in [9.17, 15) is 0 Å². The maximum Gasteiger partial charge on any atom is 0.0757 e. The maximum atomic E-state index is 6.48. The summed E-state index contributed by atoms with van der Waals surface area (Å²) in [6, 6.07) is 9.17. The van der Waals surface area contributed by atoms with Crippen LogP contribution in [0.5, 0.6) is 0 Å². The molecule has 3 heteroatoms. The molecule has 1 aliphatic heterocycles. The summed E-state index contributed by atoms with van der Waals surface area (Å²) in [6.45, 7) is 12.7. The molecule has 3 unspecified atom stereocenters. The molecule has 1 aromatic rings. The van der Waals surface area contributed by atoms with Crippen LogP contribution in [0.4, 0.5) is 0 Å². The van der Waals surface area contributed by atoms with Crippen molar-refractivity contribution in [3.63, 3.8) is 0 Å². The molecule has 1 aliphatic rings. The van der Waals surface area contributed by atoms with Gasteiger partial charge in [-0.05, 0) is 39.7 Å². The molecule has 0 radical (unpaired) electrons. The van der Waals surface area contributed by atoms with E-state index in [-0.39, 0.29) is 23.8 Å². The normalized spacial score (nSPS) is 25.5. The van der Waals surface area contributed by atoms with E-state index in [1.807, 2.05) is 0 Å². The number of hydrogen-bond acceptors (Lipinski definition) is 3. The van der Waals surface area contributed by atoms with E-state index in [1.54, 1.807) is 0 Å². The molecule has 118 valence electrons. The Hall–Kier alpha value is -0.900. The molecule has 0 spiro atoms. The van der Waals surface area contributed by atoms with Gasteiger partial charge in [0, 0.05) is 19.1 Å². The van der Waals surface area contributed by atoms with Crippen LogP contribution in [0.15, 0.2) is 24.3 Å². The SMILES string of the molecule is CCC(N)C(c1cccc(C)c1)N1CC(C)OC(C)(C)C1. The Morgan fingerprint density at radius 1 is 1.43 bits per heavy atom. The van der Waals surface area contributed by atoms with E-state index in [1.165, 1.54) is 11.1 Å². The third-order valence-corrected chi connectivity index (χ3v) is 4.25. The summed E-state index contributed by atoms with van der Waals surface area (Å²) >= 11 is 0. The Labute approximate surface area is 129 Å². The van der Waals surface area contributed by atoms with Crippen LogP contribution in [0.1, 0.15) is 51.3 Å². The van der Waals surface area contributed by atoms with Gasteiger partial charge in [0.25, 0.3) is 0 Å². The number of benzene rings is 1. The van der Waals surface area contributed by atoms with Crippen molar-refractivity contribution < 1.29 is 4.74 Å². The Morgan fingerprint density at radius 3 is 2.71 bits per heavy atom. The highest BCUT2D eigenvalue weighted by Gasteiger charge is 2.36. The Kier molecular flexibility index (Phi) is 5.07. The molecule has 3 nitrogen and oxygen atoms in total. The second-order valence-electron chi connectivity index (χ2n) is 7.05. The first-order valence-electron chi connectivity index (χ1n) is 8.06. The first-order chi connectivity index (χ1) is 9.82. The third-order valence-electron chi connectivity index (χ3n) is 4.25. The lowest BCUT2D eigenvalue weighted by molar-refractivity contribution is -0.140. The molecule has 1 saturated heterocycles. The standard InChI is InChI=1S/C18H30N2O/c1-6-16(19)17(15-9-7-8-13(2)10-15)20-11-14(3)21-18(4,5)12-20/h7-10,14,16-17H,6,11-12,19H2,1-5H3. The second-order valence-corrected chi connectivity index (χ2v) is 7.05. The van der Waals surface area contributed by atoms with E-state index in [0.717, 1.165) is 19.5 Å². The van der Waals surface area contributed by atoms with Gasteiger partial charge in [-0.1, -0.05) is 36.8 Å². The zero-order valence-electron chi connectivity index (χ0n) is 14.1. The highest BCUT2D eigenvalue weighted by atomic mass is 16.5. The number of rotatable bonds is 4. The van der Waals surface area contributed by atoms with Crippen molar-refractivity contribution in [2.45, 2.75) is 64.8 Å². The smallest absolute Gasteiger partial charge is 0.0757 e. The van der Waals surface area contributed by atoms with Crippen LogP contribution in [0.25, 0.3) is 0 Å². The van der Waals surface area contributed by atoms with Gasteiger partial charge in [0.1, 0.15) is 0 Å². The quantitative estimate of drug-likeness (QED) is 0.925. The summed E-state index contributed by atoms with van der Waals surface area (Å²) in [6.07, 6.45) is 1.22. The Bertz CT molecular complexity index is 472. The maximum absolute atomic E-state index is 6.48. The first kappa shape index (κ1) is 16.5. The molecule has 0 saturated carbocycles. The van der Waals surface area contributed by atoms with Crippen molar-refractivity contribution in [3.05, 3.63) is 35.4 Å². The molecule has 0 aliphatic carbocycles. The predicted molar refractivity (Wildman–Crippen MR) is 88.4 cm³/mol. The van der Waals surface area contributed by atoms with Gasteiger partial charge in [-0.3, -0.25) is 4.90 Å². The highest BCUT2D eigenvalue weighted by Crippen LogP contribution is 2.31. The topological polar surface area (TPSA) is 38.5 Å². The van der Waals surface area contributed by atoms with Crippen LogP contribution >= 0.6 is 0 Å². The summed E-state index contributed by atoms with van der Waals surface area (Å²) < 4.78 is 6.04. The molecule has 1 fully saturated rings. The fraction of sp³-hybridized carbons (Fsp3) is 0.667. The molecule has 0 bridgehead atoms. The van der Waals surface area contributed by atoms with Crippen LogP contribution in [-0.2, 0) is 4.74 Å². The monoisotopic (exact) mass is 290 g/mol. The fourth-order valence-corrected chi connectivity index (χ4v) is 3.52.